The van der Waals surface area contributed by atoms with Gasteiger partial charge in [-0.2, -0.15) is 0 Å². The van der Waals surface area contributed by atoms with E-state index in [4.69, 9.17) is 4.74 Å². The Hall–Kier alpha value is -3.07. The predicted molar refractivity (Wildman–Crippen MR) is 144 cm³/mol. The molecule has 0 aromatic heterocycles. The molecule has 9 heteroatoms. The highest BCUT2D eigenvalue weighted by molar-refractivity contribution is 7.92. The van der Waals surface area contributed by atoms with Crippen molar-refractivity contribution in [2.24, 2.45) is 0 Å². The van der Waals surface area contributed by atoms with Crippen LogP contribution in [0.15, 0.2) is 42.5 Å². The molecule has 8 nitrogen and oxygen atoms in total. The molecule has 0 spiro atoms. The van der Waals surface area contributed by atoms with Gasteiger partial charge in [0.25, 0.3) is 0 Å². The van der Waals surface area contributed by atoms with Crippen molar-refractivity contribution in [1.82, 2.24) is 10.2 Å². The zero-order chi connectivity index (χ0) is 26.9. The van der Waals surface area contributed by atoms with Gasteiger partial charge in [0, 0.05) is 26.1 Å². The van der Waals surface area contributed by atoms with Gasteiger partial charge < -0.3 is 15.0 Å². The number of carbonyl (C=O) groups excluding carboxylic acids is 2. The average molecular weight is 518 g/mol. The zero-order valence-corrected chi connectivity index (χ0v) is 23.0. The van der Waals surface area contributed by atoms with Crippen LogP contribution in [0.3, 0.4) is 0 Å². The Morgan fingerprint density at radius 2 is 1.78 bits per heavy atom. The van der Waals surface area contributed by atoms with E-state index in [0.29, 0.717) is 30.8 Å². The quantitative estimate of drug-likeness (QED) is 0.436. The monoisotopic (exact) mass is 517 g/mol. The van der Waals surface area contributed by atoms with Crippen molar-refractivity contribution in [2.45, 2.75) is 59.5 Å². The van der Waals surface area contributed by atoms with E-state index in [2.05, 4.69) is 5.32 Å². The molecule has 1 unspecified atom stereocenters. The summed E-state index contributed by atoms with van der Waals surface area (Å²) in [4.78, 5) is 27.8. The van der Waals surface area contributed by atoms with Gasteiger partial charge in [0.05, 0.1) is 19.1 Å². The molecule has 0 saturated heterocycles. The van der Waals surface area contributed by atoms with Crippen molar-refractivity contribution < 1.29 is 22.7 Å². The Balaban J connectivity index is 2.23. The van der Waals surface area contributed by atoms with E-state index in [-0.39, 0.29) is 31.3 Å². The highest BCUT2D eigenvalue weighted by Gasteiger charge is 2.28. The number of likely N-dealkylation sites (N-methyl/N-ethyl adjacent to an activating group) is 1. The van der Waals surface area contributed by atoms with E-state index in [9.17, 15) is 18.0 Å². The Bertz CT molecular complexity index is 1150. The van der Waals surface area contributed by atoms with Gasteiger partial charge in [-0.1, -0.05) is 25.1 Å². The van der Waals surface area contributed by atoms with Gasteiger partial charge in [0.2, 0.25) is 21.8 Å². The van der Waals surface area contributed by atoms with Gasteiger partial charge in [0.1, 0.15) is 11.8 Å². The summed E-state index contributed by atoms with van der Waals surface area (Å²) < 4.78 is 31.7. The molecule has 198 valence electrons. The van der Waals surface area contributed by atoms with E-state index >= 15 is 0 Å². The van der Waals surface area contributed by atoms with E-state index < -0.39 is 16.1 Å². The van der Waals surface area contributed by atoms with Gasteiger partial charge in [0.15, 0.2) is 0 Å². The van der Waals surface area contributed by atoms with E-state index in [0.717, 1.165) is 16.7 Å². The maximum Gasteiger partial charge on any atom is 0.242 e. The van der Waals surface area contributed by atoms with Crippen LogP contribution >= 0.6 is 0 Å². The molecule has 0 heterocycles. The minimum absolute atomic E-state index is 0.108. The molecule has 1 atom stereocenters. The average Bonchev–Trinajstić information content (AvgIpc) is 2.83. The summed E-state index contributed by atoms with van der Waals surface area (Å²) in [5.41, 5.74) is 3.49. The minimum Gasteiger partial charge on any atom is -0.497 e. The normalized spacial score (nSPS) is 12.1. The van der Waals surface area contributed by atoms with Crippen LogP contribution in [0.2, 0.25) is 0 Å². The van der Waals surface area contributed by atoms with Gasteiger partial charge in [-0.3, -0.25) is 13.9 Å². The molecule has 0 fully saturated rings. The van der Waals surface area contributed by atoms with Crippen molar-refractivity contribution in [3.05, 3.63) is 59.2 Å². The first-order valence-corrected chi connectivity index (χ1v) is 14.1. The number of benzene rings is 2. The molecule has 0 aliphatic heterocycles. The van der Waals surface area contributed by atoms with Crippen molar-refractivity contribution in [1.29, 1.82) is 0 Å². The number of methoxy groups -OCH3 is 1. The fraction of sp³-hybridized carbons (Fsp3) is 0.481. The van der Waals surface area contributed by atoms with Gasteiger partial charge in [-0.05, 0) is 74.6 Å². The zero-order valence-electron chi connectivity index (χ0n) is 22.2. The Labute approximate surface area is 215 Å². The van der Waals surface area contributed by atoms with Gasteiger partial charge in [-0.15, -0.1) is 0 Å². The third-order valence-corrected chi connectivity index (χ3v) is 7.35. The van der Waals surface area contributed by atoms with Crippen molar-refractivity contribution in [2.75, 3.05) is 30.8 Å². The van der Waals surface area contributed by atoms with Crippen LogP contribution in [0.1, 0.15) is 49.8 Å². The Kier molecular flexibility index (Phi) is 10.8. The van der Waals surface area contributed by atoms with Crippen LogP contribution in [0.5, 0.6) is 5.75 Å². The number of amides is 2. The molecular formula is C27H39N3O5S. The van der Waals surface area contributed by atoms with Crippen LogP contribution in [-0.4, -0.2) is 57.6 Å². The molecule has 2 amide bonds. The summed E-state index contributed by atoms with van der Waals surface area (Å²) in [5.74, 6) is 0.261. The molecule has 0 saturated carbocycles. The second-order valence-electron chi connectivity index (χ2n) is 8.90. The van der Waals surface area contributed by atoms with Crippen LogP contribution in [0.4, 0.5) is 5.69 Å². The van der Waals surface area contributed by atoms with Crippen molar-refractivity contribution >= 4 is 27.5 Å². The van der Waals surface area contributed by atoms with Crippen molar-refractivity contribution in [3.63, 3.8) is 0 Å². The highest BCUT2D eigenvalue weighted by atomic mass is 32.2. The fourth-order valence-electron chi connectivity index (χ4n) is 4.06. The summed E-state index contributed by atoms with van der Waals surface area (Å²) in [6.45, 7) is 8.50. The maximum absolute atomic E-state index is 13.4. The SMILES string of the molecule is CCNC(=O)C(CC)N(Cc1cccc(OC)c1)C(=O)CCCN(c1ccc(C)c(C)c1)S(C)(=O)=O. The lowest BCUT2D eigenvalue weighted by Crippen LogP contribution is -2.49. The number of anilines is 1. The molecule has 2 aromatic rings. The summed E-state index contributed by atoms with van der Waals surface area (Å²) in [6, 6.07) is 12.3. The maximum atomic E-state index is 13.4. The molecule has 0 aliphatic carbocycles. The lowest BCUT2D eigenvalue weighted by molar-refractivity contribution is -0.141. The summed E-state index contributed by atoms with van der Waals surface area (Å²) in [7, 11) is -1.96. The fourth-order valence-corrected chi connectivity index (χ4v) is 5.02. The smallest absolute Gasteiger partial charge is 0.242 e. The number of aryl methyl sites for hydroxylation is 2. The predicted octanol–water partition coefficient (Wildman–Crippen LogP) is 3.80. The number of nitrogens with zero attached hydrogens (tertiary/aromatic N) is 2. The van der Waals surface area contributed by atoms with Gasteiger partial charge >= 0.3 is 0 Å². The number of carbonyl (C=O) groups is 2. The summed E-state index contributed by atoms with van der Waals surface area (Å²) in [6.07, 6.45) is 2.05. The molecule has 36 heavy (non-hydrogen) atoms. The highest BCUT2D eigenvalue weighted by Crippen LogP contribution is 2.23. The first-order chi connectivity index (χ1) is 17.0. The minimum atomic E-state index is -3.53. The number of hydrogen-bond donors (Lipinski definition) is 1. The number of rotatable bonds is 13. The molecule has 2 rings (SSSR count). The molecule has 0 aliphatic rings. The van der Waals surface area contributed by atoms with Crippen molar-refractivity contribution in [3.8, 4) is 5.75 Å². The molecule has 0 radical (unpaired) electrons. The third kappa shape index (κ3) is 7.98. The molecule has 2 aromatic carbocycles. The summed E-state index contributed by atoms with van der Waals surface area (Å²) in [5, 5.41) is 2.82. The lowest BCUT2D eigenvalue weighted by Gasteiger charge is -2.31. The lowest BCUT2D eigenvalue weighted by atomic mass is 10.1. The molecule has 1 N–H and O–H groups in total. The standard InChI is InChI=1S/C27H39N3O5S/c1-7-25(27(32)28-8-2)29(19-22-11-9-12-24(18-22)35-5)26(31)13-10-16-30(36(6,33)34)23-15-14-20(3)21(4)17-23/h9,11-12,14-15,17-18,25H,7-8,10,13,16,19H2,1-6H3,(H,28,32). The third-order valence-electron chi connectivity index (χ3n) is 6.15. The Morgan fingerprint density at radius 1 is 1.06 bits per heavy atom. The number of hydrogen-bond acceptors (Lipinski definition) is 5. The van der Waals surface area contributed by atoms with E-state index in [1.54, 1.807) is 18.1 Å². The van der Waals surface area contributed by atoms with Gasteiger partial charge in [-0.25, -0.2) is 8.42 Å². The van der Waals surface area contributed by atoms with E-state index in [1.165, 1.54) is 10.6 Å². The van der Waals surface area contributed by atoms with Crippen LogP contribution in [-0.2, 0) is 26.2 Å². The molecular weight excluding hydrogens is 478 g/mol. The number of ether oxygens (including phenoxy) is 1. The van der Waals surface area contributed by atoms with Crippen LogP contribution in [0, 0.1) is 13.8 Å². The number of sulfonamides is 1. The van der Waals surface area contributed by atoms with Crippen LogP contribution in [0.25, 0.3) is 0 Å². The first kappa shape index (κ1) is 29.2. The second-order valence-corrected chi connectivity index (χ2v) is 10.8. The largest absolute Gasteiger partial charge is 0.497 e. The topological polar surface area (TPSA) is 96.0 Å². The molecule has 0 bridgehead atoms. The second kappa shape index (κ2) is 13.3. The van der Waals surface area contributed by atoms with E-state index in [1.807, 2.05) is 64.1 Å². The van der Waals surface area contributed by atoms with Crippen LogP contribution < -0.4 is 14.4 Å². The summed E-state index contributed by atoms with van der Waals surface area (Å²) >= 11 is 0. The first-order valence-electron chi connectivity index (χ1n) is 12.3. The Morgan fingerprint density at radius 3 is 2.36 bits per heavy atom. The number of nitrogens with one attached hydrogen (secondary N) is 1.